The predicted molar refractivity (Wildman–Crippen MR) is 97.9 cm³/mol. The van der Waals surface area contributed by atoms with Crippen molar-refractivity contribution in [2.24, 2.45) is 0 Å². The molecule has 24 heavy (non-hydrogen) atoms. The van der Waals surface area contributed by atoms with Gasteiger partial charge in [-0.25, -0.2) is 17.7 Å². The molecule has 2 N–H and O–H groups in total. The second-order valence-corrected chi connectivity index (χ2v) is 7.54. The van der Waals surface area contributed by atoms with Crippen LogP contribution >= 0.6 is 12.2 Å². The van der Waals surface area contributed by atoms with Crippen molar-refractivity contribution >= 4 is 38.7 Å². The van der Waals surface area contributed by atoms with Gasteiger partial charge >= 0.3 is 0 Å². The normalized spacial score (nSPS) is 11.2. The van der Waals surface area contributed by atoms with Gasteiger partial charge in [0.15, 0.2) is 5.11 Å². The zero-order valence-electron chi connectivity index (χ0n) is 13.5. The summed E-state index contributed by atoms with van der Waals surface area (Å²) in [5, 5.41) is 6.23. The lowest BCUT2D eigenvalue weighted by Gasteiger charge is -2.14. The molecular weight excluding hydrogens is 348 g/mol. The summed E-state index contributed by atoms with van der Waals surface area (Å²) in [7, 11) is 1.01. The molecule has 0 bridgehead atoms. The van der Waals surface area contributed by atoms with Crippen molar-refractivity contribution in [2.75, 3.05) is 31.8 Å². The van der Waals surface area contributed by atoms with Gasteiger partial charge in [-0.1, -0.05) is 6.07 Å². The first-order valence-corrected chi connectivity index (χ1v) is 8.78. The Hall–Kier alpha value is -2.23. The van der Waals surface area contributed by atoms with Crippen LogP contribution < -0.4 is 15.4 Å². The number of anilines is 2. The van der Waals surface area contributed by atoms with Crippen molar-refractivity contribution < 1.29 is 13.2 Å². The third kappa shape index (κ3) is 4.40. The number of pyridine rings is 1. The summed E-state index contributed by atoms with van der Waals surface area (Å²) in [6.45, 7) is 0. The zero-order valence-corrected chi connectivity index (χ0v) is 15.1. The fourth-order valence-corrected chi connectivity index (χ4v) is 3.00. The molecule has 0 radical (unpaired) electrons. The average Bonchev–Trinajstić information content (AvgIpc) is 2.55. The van der Waals surface area contributed by atoms with E-state index in [1.54, 1.807) is 30.5 Å². The molecular formula is C15H18N4O3S2. The van der Waals surface area contributed by atoms with E-state index in [1.807, 2.05) is 0 Å². The number of rotatable bonds is 5. The van der Waals surface area contributed by atoms with Crippen LogP contribution in [0.2, 0.25) is 0 Å². The Labute approximate surface area is 146 Å². The van der Waals surface area contributed by atoms with Gasteiger partial charge in [-0.2, -0.15) is 0 Å². The summed E-state index contributed by atoms with van der Waals surface area (Å²) >= 11 is 5.23. The maximum absolute atomic E-state index is 12.2. The second kappa shape index (κ2) is 7.56. The highest BCUT2D eigenvalue weighted by Gasteiger charge is 2.17. The van der Waals surface area contributed by atoms with E-state index in [2.05, 4.69) is 15.6 Å². The topological polar surface area (TPSA) is 83.6 Å². The summed E-state index contributed by atoms with van der Waals surface area (Å²) < 4.78 is 30.4. The van der Waals surface area contributed by atoms with Gasteiger partial charge in [-0.15, -0.1) is 0 Å². The Kier molecular flexibility index (Phi) is 5.71. The molecule has 128 valence electrons. The summed E-state index contributed by atoms with van der Waals surface area (Å²) in [6.07, 6.45) is 1.58. The van der Waals surface area contributed by atoms with Gasteiger partial charge in [0.2, 0.25) is 15.9 Å². The number of ether oxygens (including phenoxy) is 1. The maximum Gasteiger partial charge on any atom is 0.242 e. The molecule has 1 aromatic carbocycles. The molecule has 2 rings (SSSR count). The molecule has 1 aromatic heterocycles. The molecule has 0 saturated heterocycles. The molecule has 0 amide bonds. The molecule has 0 saturated carbocycles. The molecule has 0 spiro atoms. The van der Waals surface area contributed by atoms with Gasteiger partial charge in [0, 0.05) is 25.8 Å². The largest absolute Gasteiger partial charge is 0.481 e. The Morgan fingerprint density at radius 2 is 1.88 bits per heavy atom. The number of hydrogen-bond acceptors (Lipinski definition) is 5. The number of methoxy groups -OCH3 is 1. The highest BCUT2D eigenvalue weighted by molar-refractivity contribution is 7.89. The van der Waals surface area contributed by atoms with Crippen LogP contribution in [0, 0.1) is 0 Å². The number of nitrogens with one attached hydrogen (secondary N) is 2. The summed E-state index contributed by atoms with van der Waals surface area (Å²) in [4.78, 5) is 4.25. The van der Waals surface area contributed by atoms with Crippen molar-refractivity contribution in [3.63, 3.8) is 0 Å². The van der Waals surface area contributed by atoms with E-state index in [0.717, 1.165) is 4.31 Å². The van der Waals surface area contributed by atoms with Crippen molar-refractivity contribution in [2.45, 2.75) is 4.90 Å². The minimum atomic E-state index is -3.50. The van der Waals surface area contributed by atoms with Gasteiger partial charge in [-0.05, 0) is 36.5 Å². The van der Waals surface area contributed by atoms with Crippen molar-refractivity contribution in [1.82, 2.24) is 9.29 Å². The van der Waals surface area contributed by atoms with Gasteiger partial charge in [0.1, 0.15) is 0 Å². The van der Waals surface area contributed by atoms with Crippen LogP contribution in [0.15, 0.2) is 47.5 Å². The van der Waals surface area contributed by atoms with E-state index in [9.17, 15) is 8.42 Å². The first-order chi connectivity index (χ1) is 11.3. The Bertz CT molecular complexity index is 821. The quantitative estimate of drug-likeness (QED) is 0.785. The number of hydrogen-bond donors (Lipinski definition) is 2. The molecule has 1 heterocycles. The van der Waals surface area contributed by atoms with Gasteiger partial charge in [-0.3, -0.25) is 0 Å². The average molecular weight is 366 g/mol. The van der Waals surface area contributed by atoms with Crippen molar-refractivity contribution in [3.8, 4) is 5.88 Å². The molecule has 0 aliphatic rings. The van der Waals surface area contributed by atoms with E-state index >= 15 is 0 Å². The standard InChI is InChI=1S/C15H18N4O3S2/c1-19(2)24(20,21)13-6-4-5-11(9-13)17-15(23)18-12-7-8-14(22-3)16-10-12/h4-10H,1-3H3,(H2,17,18,23). The summed E-state index contributed by atoms with van der Waals surface area (Å²) in [5.41, 5.74) is 1.25. The molecule has 0 fully saturated rings. The maximum atomic E-state index is 12.2. The number of thiocarbonyl (C=S) groups is 1. The molecule has 0 aliphatic heterocycles. The van der Waals surface area contributed by atoms with Crippen LogP contribution in [0.5, 0.6) is 5.88 Å². The number of benzene rings is 1. The minimum Gasteiger partial charge on any atom is -0.481 e. The van der Waals surface area contributed by atoms with Crippen LogP contribution in [0.25, 0.3) is 0 Å². The Morgan fingerprint density at radius 3 is 2.46 bits per heavy atom. The minimum absolute atomic E-state index is 0.186. The lowest BCUT2D eigenvalue weighted by atomic mass is 10.3. The first-order valence-electron chi connectivity index (χ1n) is 6.93. The van der Waals surface area contributed by atoms with Crippen molar-refractivity contribution in [1.29, 1.82) is 0 Å². The molecule has 7 nitrogen and oxygen atoms in total. The highest BCUT2D eigenvalue weighted by Crippen LogP contribution is 2.18. The SMILES string of the molecule is COc1ccc(NC(=S)Nc2cccc(S(=O)(=O)N(C)C)c2)cn1. The smallest absolute Gasteiger partial charge is 0.242 e. The van der Waals surface area contributed by atoms with E-state index in [-0.39, 0.29) is 4.90 Å². The fraction of sp³-hybridized carbons (Fsp3) is 0.200. The molecule has 2 aromatic rings. The van der Waals surface area contributed by atoms with E-state index in [0.29, 0.717) is 22.4 Å². The number of sulfonamides is 1. The lowest BCUT2D eigenvalue weighted by molar-refractivity contribution is 0.398. The third-order valence-corrected chi connectivity index (χ3v) is 5.09. The molecule has 0 atom stereocenters. The second-order valence-electron chi connectivity index (χ2n) is 4.98. The Morgan fingerprint density at radius 1 is 1.17 bits per heavy atom. The van der Waals surface area contributed by atoms with Gasteiger partial charge in [0.05, 0.1) is 23.9 Å². The van der Waals surface area contributed by atoms with Gasteiger partial charge < -0.3 is 15.4 Å². The molecule has 9 heteroatoms. The van der Waals surface area contributed by atoms with Crippen LogP contribution in [0.1, 0.15) is 0 Å². The summed E-state index contributed by atoms with van der Waals surface area (Å²) in [6, 6.07) is 9.91. The van der Waals surface area contributed by atoms with Crippen molar-refractivity contribution in [3.05, 3.63) is 42.6 Å². The monoisotopic (exact) mass is 366 g/mol. The van der Waals surface area contributed by atoms with Crippen LogP contribution in [-0.2, 0) is 10.0 Å². The molecule has 0 unspecified atom stereocenters. The third-order valence-electron chi connectivity index (χ3n) is 3.07. The van der Waals surface area contributed by atoms with Crippen LogP contribution in [0.3, 0.4) is 0 Å². The highest BCUT2D eigenvalue weighted by atomic mass is 32.2. The predicted octanol–water partition coefficient (Wildman–Crippen LogP) is 2.15. The zero-order chi connectivity index (χ0) is 17.7. The summed E-state index contributed by atoms with van der Waals surface area (Å²) in [5.74, 6) is 0.501. The number of aromatic nitrogens is 1. The van der Waals surface area contributed by atoms with Crippen LogP contribution in [-0.4, -0.2) is 44.0 Å². The fourth-order valence-electron chi connectivity index (χ4n) is 1.81. The van der Waals surface area contributed by atoms with Gasteiger partial charge in [0.25, 0.3) is 0 Å². The van der Waals surface area contributed by atoms with E-state index < -0.39 is 10.0 Å². The van der Waals surface area contributed by atoms with E-state index in [4.69, 9.17) is 17.0 Å². The van der Waals surface area contributed by atoms with Crippen LogP contribution in [0.4, 0.5) is 11.4 Å². The first kappa shape index (κ1) is 18.1. The number of nitrogens with zero attached hydrogens (tertiary/aromatic N) is 2. The van der Waals surface area contributed by atoms with E-state index in [1.165, 1.54) is 33.3 Å². The Balaban J connectivity index is 2.09. The molecule has 0 aliphatic carbocycles. The lowest BCUT2D eigenvalue weighted by Crippen LogP contribution is -2.23.